The second kappa shape index (κ2) is 11.4. The number of nitrogens with zero attached hydrogens (tertiary/aromatic N) is 5. The monoisotopic (exact) mass is 514 g/mol. The van der Waals surface area contributed by atoms with Crippen LogP contribution < -0.4 is 10.6 Å². The number of likely N-dealkylation sites (tertiary alicyclic amines) is 2. The first-order chi connectivity index (χ1) is 18.5. The molecule has 0 spiro atoms. The first-order valence-corrected chi connectivity index (χ1v) is 12.8. The third kappa shape index (κ3) is 5.81. The van der Waals surface area contributed by atoms with Gasteiger partial charge in [-0.05, 0) is 56.0 Å². The maximum atomic E-state index is 12.9. The van der Waals surface area contributed by atoms with Gasteiger partial charge in [0.1, 0.15) is 0 Å². The number of nitrogens with one attached hydrogen (secondary N) is 3. The normalized spacial score (nSPS) is 18.1. The van der Waals surface area contributed by atoms with Crippen molar-refractivity contribution >= 4 is 34.3 Å². The third-order valence-corrected chi connectivity index (χ3v) is 7.08. The Balaban J connectivity index is 1.09. The van der Waals surface area contributed by atoms with Gasteiger partial charge < -0.3 is 15.5 Å². The van der Waals surface area contributed by atoms with Crippen LogP contribution in [0.3, 0.4) is 0 Å². The Bertz CT molecular complexity index is 1390. The number of hydrogen-bond acceptors (Lipinski definition) is 7. The molecule has 2 saturated heterocycles. The minimum Gasteiger partial charge on any atom is -0.354 e. The van der Waals surface area contributed by atoms with Crippen molar-refractivity contribution in [1.82, 2.24) is 35.3 Å². The number of carbonyl (C=O) groups excluding carboxylic acids is 3. The van der Waals surface area contributed by atoms with E-state index in [1.807, 2.05) is 9.80 Å². The standard InChI is InChI=1S/C27H30N8O3/c1-28-27(38)25-21-15-20(4-5-22(21)32-33-25)31-26(37)19-9-12-34(16-19)17-24(36)35-13-7-18(8-14-35)3-6-23-29-10-2-11-30-23/h2,4-5,10-11,15,18-19H,7-9,12-14,16-17H2,1H3,(H,28,38)(H,31,37)(H,32,33). The molecule has 1 unspecified atom stereocenters. The molecular formula is C27H30N8O3. The molecule has 5 rings (SSSR count). The van der Waals surface area contributed by atoms with E-state index in [0.717, 1.165) is 12.8 Å². The van der Waals surface area contributed by atoms with Crippen molar-refractivity contribution in [2.24, 2.45) is 11.8 Å². The van der Waals surface area contributed by atoms with Crippen molar-refractivity contribution in [3.63, 3.8) is 0 Å². The predicted octanol–water partition coefficient (Wildman–Crippen LogP) is 1.26. The maximum Gasteiger partial charge on any atom is 0.272 e. The minimum atomic E-state index is -0.297. The molecule has 1 atom stereocenters. The zero-order valence-electron chi connectivity index (χ0n) is 21.2. The van der Waals surface area contributed by atoms with Crippen LogP contribution in [0.25, 0.3) is 10.9 Å². The van der Waals surface area contributed by atoms with Gasteiger partial charge in [-0.3, -0.25) is 24.4 Å². The SMILES string of the molecule is CNC(=O)c1n[nH]c2ccc(NC(=O)C3CCN(CC(=O)N4CCC(C#Cc5ncccn5)CC4)C3)cc12. The lowest BCUT2D eigenvalue weighted by atomic mass is 9.97. The molecule has 2 aliphatic rings. The molecule has 1 aromatic carbocycles. The number of rotatable bonds is 5. The zero-order chi connectivity index (χ0) is 26.5. The lowest BCUT2D eigenvalue weighted by Crippen LogP contribution is -2.43. The van der Waals surface area contributed by atoms with E-state index < -0.39 is 0 Å². The quantitative estimate of drug-likeness (QED) is 0.436. The number of amides is 3. The highest BCUT2D eigenvalue weighted by molar-refractivity contribution is 6.06. The number of hydrogen-bond donors (Lipinski definition) is 3. The number of aromatic amines is 1. The van der Waals surface area contributed by atoms with Gasteiger partial charge in [0.05, 0.1) is 18.0 Å². The summed E-state index contributed by atoms with van der Waals surface area (Å²) < 4.78 is 0. The lowest BCUT2D eigenvalue weighted by Gasteiger charge is -2.31. The Labute approximate surface area is 220 Å². The summed E-state index contributed by atoms with van der Waals surface area (Å²) in [5.74, 6) is 6.51. The highest BCUT2D eigenvalue weighted by atomic mass is 16.2. The number of benzene rings is 1. The Kier molecular flexibility index (Phi) is 7.60. The maximum absolute atomic E-state index is 12.9. The van der Waals surface area contributed by atoms with Crippen LogP contribution in [0.5, 0.6) is 0 Å². The van der Waals surface area contributed by atoms with E-state index in [1.54, 1.807) is 43.7 Å². The molecule has 0 aliphatic carbocycles. The Morgan fingerprint density at radius 1 is 1.11 bits per heavy atom. The fraction of sp³-hybridized carbons (Fsp3) is 0.407. The molecule has 2 fully saturated rings. The summed E-state index contributed by atoms with van der Waals surface area (Å²) in [6.07, 6.45) is 5.71. The number of carbonyl (C=O) groups is 3. The van der Waals surface area contributed by atoms with Gasteiger partial charge in [-0.15, -0.1) is 0 Å². The van der Waals surface area contributed by atoms with E-state index in [0.29, 0.717) is 61.6 Å². The molecule has 11 nitrogen and oxygen atoms in total. The van der Waals surface area contributed by atoms with Crippen molar-refractivity contribution in [2.75, 3.05) is 45.1 Å². The number of H-pyrrole nitrogens is 1. The molecule has 11 heteroatoms. The van der Waals surface area contributed by atoms with Gasteiger partial charge in [-0.1, -0.05) is 5.92 Å². The molecular weight excluding hydrogens is 484 g/mol. The summed E-state index contributed by atoms with van der Waals surface area (Å²) in [7, 11) is 1.55. The summed E-state index contributed by atoms with van der Waals surface area (Å²) in [6, 6.07) is 7.08. The van der Waals surface area contributed by atoms with E-state index >= 15 is 0 Å². The highest BCUT2D eigenvalue weighted by Crippen LogP contribution is 2.24. The smallest absolute Gasteiger partial charge is 0.272 e. The van der Waals surface area contributed by atoms with Crippen LogP contribution in [0, 0.1) is 23.7 Å². The van der Waals surface area contributed by atoms with Crippen molar-refractivity contribution in [3.05, 3.63) is 48.2 Å². The second-order valence-corrected chi connectivity index (χ2v) is 9.62. The van der Waals surface area contributed by atoms with Crippen molar-refractivity contribution in [3.8, 4) is 11.8 Å². The average Bonchev–Trinajstić information content (AvgIpc) is 3.59. The van der Waals surface area contributed by atoms with E-state index in [1.165, 1.54) is 0 Å². The average molecular weight is 515 g/mol. The molecule has 3 N–H and O–H groups in total. The lowest BCUT2D eigenvalue weighted by molar-refractivity contribution is -0.133. The fourth-order valence-corrected chi connectivity index (χ4v) is 4.91. The molecule has 196 valence electrons. The van der Waals surface area contributed by atoms with Crippen LogP contribution in [0.2, 0.25) is 0 Å². The zero-order valence-corrected chi connectivity index (χ0v) is 21.2. The van der Waals surface area contributed by atoms with Gasteiger partial charge in [0.15, 0.2) is 5.69 Å². The molecule has 3 amide bonds. The van der Waals surface area contributed by atoms with Crippen LogP contribution in [0.4, 0.5) is 5.69 Å². The molecule has 2 aromatic heterocycles. The summed E-state index contributed by atoms with van der Waals surface area (Å²) in [5, 5.41) is 13.1. The summed E-state index contributed by atoms with van der Waals surface area (Å²) in [4.78, 5) is 50.1. The largest absolute Gasteiger partial charge is 0.354 e. The van der Waals surface area contributed by atoms with Crippen LogP contribution in [-0.2, 0) is 9.59 Å². The molecule has 3 aromatic rings. The summed E-state index contributed by atoms with van der Waals surface area (Å²) >= 11 is 0. The first kappa shape index (κ1) is 25.4. The van der Waals surface area contributed by atoms with Crippen LogP contribution >= 0.6 is 0 Å². The Morgan fingerprint density at radius 3 is 2.66 bits per heavy atom. The van der Waals surface area contributed by atoms with Gasteiger partial charge in [0.2, 0.25) is 17.6 Å². The number of fused-ring (bicyclic) bond motifs is 1. The molecule has 4 heterocycles. The molecule has 0 bridgehead atoms. The van der Waals surface area contributed by atoms with Crippen molar-refractivity contribution < 1.29 is 14.4 Å². The van der Waals surface area contributed by atoms with Crippen LogP contribution in [-0.4, -0.2) is 87.5 Å². The van der Waals surface area contributed by atoms with Gasteiger partial charge in [-0.25, -0.2) is 9.97 Å². The summed E-state index contributed by atoms with van der Waals surface area (Å²) in [6.45, 7) is 2.91. The highest BCUT2D eigenvalue weighted by Gasteiger charge is 2.31. The fourth-order valence-electron chi connectivity index (χ4n) is 4.91. The number of anilines is 1. The Morgan fingerprint density at radius 2 is 1.89 bits per heavy atom. The van der Waals surface area contributed by atoms with Crippen LogP contribution in [0.1, 0.15) is 35.6 Å². The molecule has 0 saturated carbocycles. The van der Waals surface area contributed by atoms with Gasteiger partial charge in [-0.2, -0.15) is 5.10 Å². The topological polar surface area (TPSA) is 136 Å². The van der Waals surface area contributed by atoms with E-state index in [9.17, 15) is 14.4 Å². The van der Waals surface area contributed by atoms with E-state index in [-0.39, 0.29) is 35.3 Å². The third-order valence-electron chi connectivity index (χ3n) is 7.08. The van der Waals surface area contributed by atoms with E-state index in [4.69, 9.17) is 0 Å². The molecule has 2 aliphatic heterocycles. The van der Waals surface area contributed by atoms with Gasteiger partial charge >= 0.3 is 0 Å². The number of piperidine rings is 1. The van der Waals surface area contributed by atoms with Crippen LogP contribution in [0.15, 0.2) is 36.7 Å². The Hall–Kier alpha value is -4.30. The first-order valence-electron chi connectivity index (χ1n) is 12.8. The predicted molar refractivity (Wildman–Crippen MR) is 141 cm³/mol. The van der Waals surface area contributed by atoms with Gasteiger partial charge in [0.25, 0.3) is 5.91 Å². The van der Waals surface area contributed by atoms with Crippen molar-refractivity contribution in [2.45, 2.75) is 19.3 Å². The van der Waals surface area contributed by atoms with Gasteiger partial charge in [0, 0.05) is 56.1 Å². The summed E-state index contributed by atoms with van der Waals surface area (Å²) in [5.41, 5.74) is 1.60. The molecule has 38 heavy (non-hydrogen) atoms. The van der Waals surface area contributed by atoms with E-state index in [2.05, 4.69) is 42.6 Å². The molecule has 0 radical (unpaired) electrons. The second-order valence-electron chi connectivity index (χ2n) is 9.62. The van der Waals surface area contributed by atoms with Crippen molar-refractivity contribution in [1.29, 1.82) is 0 Å². The minimum absolute atomic E-state index is 0.0916. The number of aromatic nitrogens is 4.